The summed E-state index contributed by atoms with van der Waals surface area (Å²) in [4.78, 5) is 20.6. The highest BCUT2D eigenvalue weighted by molar-refractivity contribution is 6.27. The van der Waals surface area contributed by atoms with E-state index in [-0.39, 0.29) is 6.29 Å². The lowest BCUT2D eigenvalue weighted by molar-refractivity contribution is -0.147. The number of hydrogen-bond donors (Lipinski definition) is 1. The minimum atomic E-state index is -0.572. The summed E-state index contributed by atoms with van der Waals surface area (Å²) < 4.78 is 0. The average Bonchev–Trinajstić information content (AvgIpc) is 2.34. The van der Waals surface area contributed by atoms with E-state index in [1.165, 1.54) is 0 Å². The molecular weight excluding hydrogens is 134 g/mol. The molecule has 0 bridgehead atoms. The van der Waals surface area contributed by atoms with Crippen molar-refractivity contribution in [1.82, 2.24) is 5.06 Å². The second-order valence-electron chi connectivity index (χ2n) is 2.34. The van der Waals surface area contributed by atoms with E-state index in [0.29, 0.717) is 13.0 Å². The van der Waals surface area contributed by atoms with Crippen molar-refractivity contribution in [2.45, 2.75) is 18.9 Å². The van der Waals surface area contributed by atoms with Gasteiger partial charge in [0.2, 0.25) is 5.78 Å². The van der Waals surface area contributed by atoms with Gasteiger partial charge in [0.15, 0.2) is 6.29 Å². The molecule has 56 valence electrons. The molecule has 1 atom stereocenters. The normalized spacial score (nSPS) is 26.7. The van der Waals surface area contributed by atoms with E-state index < -0.39 is 11.8 Å². The second-order valence-corrected chi connectivity index (χ2v) is 2.34. The van der Waals surface area contributed by atoms with Crippen molar-refractivity contribution in [1.29, 1.82) is 0 Å². The van der Waals surface area contributed by atoms with E-state index in [1.807, 2.05) is 0 Å². The number of ketones is 1. The molecule has 0 aromatic rings. The summed E-state index contributed by atoms with van der Waals surface area (Å²) in [5.74, 6) is -0.528. The van der Waals surface area contributed by atoms with Gasteiger partial charge in [-0.1, -0.05) is 0 Å². The van der Waals surface area contributed by atoms with E-state index in [0.717, 1.165) is 11.5 Å². The van der Waals surface area contributed by atoms with Crippen molar-refractivity contribution in [3.05, 3.63) is 0 Å². The molecule has 0 aromatic carbocycles. The maximum atomic E-state index is 10.7. The van der Waals surface area contributed by atoms with Gasteiger partial charge in [0.05, 0.1) is 0 Å². The zero-order valence-corrected chi connectivity index (χ0v) is 5.49. The number of carbonyl (C=O) groups is 2. The second kappa shape index (κ2) is 2.90. The summed E-state index contributed by atoms with van der Waals surface area (Å²) in [5.41, 5.74) is 0. The van der Waals surface area contributed by atoms with E-state index >= 15 is 0 Å². The molecule has 1 rings (SSSR count). The van der Waals surface area contributed by atoms with Gasteiger partial charge in [-0.25, -0.2) is 0 Å². The van der Waals surface area contributed by atoms with Crippen molar-refractivity contribution < 1.29 is 14.8 Å². The Labute approximate surface area is 58.4 Å². The minimum absolute atomic E-state index is 0.263. The molecule has 1 fully saturated rings. The third kappa shape index (κ3) is 1.22. The number of hydrogen-bond acceptors (Lipinski definition) is 4. The van der Waals surface area contributed by atoms with Crippen LogP contribution in [0.1, 0.15) is 12.8 Å². The van der Waals surface area contributed by atoms with Gasteiger partial charge in [0.1, 0.15) is 6.04 Å². The van der Waals surface area contributed by atoms with E-state index in [1.54, 1.807) is 0 Å². The summed E-state index contributed by atoms with van der Waals surface area (Å²) in [7, 11) is 0. The van der Waals surface area contributed by atoms with Crippen LogP contribution in [0.5, 0.6) is 0 Å². The zero-order valence-electron chi connectivity index (χ0n) is 5.49. The molecule has 1 aliphatic heterocycles. The van der Waals surface area contributed by atoms with Gasteiger partial charge in [-0.3, -0.25) is 9.59 Å². The Morgan fingerprint density at radius 2 is 2.40 bits per heavy atom. The molecule has 0 amide bonds. The highest BCUT2D eigenvalue weighted by Crippen LogP contribution is 2.13. The van der Waals surface area contributed by atoms with Crippen LogP contribution in [0.2, 0.25) is 0 Å². The van der Waals surface area contributed by atoms with Crippen LogP contribution in [0.4, 0.5) is 0 Å². The molecule has 1 N–H and O–H groups in total. The maximum absolute atomic E-state index is 10.7. The van der Waals surface area contributed by atoms with Crippen LogP contribution in [0.25, 0.3) is 0 Å². The number of aldehydes is 1. The minimum Gasteiger partial charge on any atom is -0.313 e. The van der Waals surface area contributed by atoms with Crippen LogP contribution in [0.3, 0.4) is 0 Å². The molecule has 0 spiro atoms. The topological polar surface area (TPSA) is 57.6 Å². The van der Waals surface area contributed by atoms with Gasteiger partial charge in [-0.15, -0.1) is 0 Å². The third-order valence-electron chi connectivity index (χ3n) is 1.67. The quantitative estimate of drug-likeness (QED) is 0.422. The van der Waals surface area contributed by atoms with Crippen LogP contribution < -0.4 is 0 Å². The largest absolute Gasteiger partial charge is 0.313 e. The smallest absolute Gasteiger partial charge is 0.214 e. The first-order valence-electron chi connectivity index (χ1n) is 3.20. The molecule has 10 heavy (non-hydrogen) atoms. The molecule has 1 heterocycles. The Morgan fingerprint density at radius 3 is 2.80 bits per heavy atom. The van der Waals surface area contributed by atoms with Gasteiger partial charge in [0, 0.05) is 6.54 Å². The summed E-state index contributed by atoms with van der Waals surface area (Å²) in [5, 5.41) is 9.87. The van der Waals surface area contributed by atoms with E-state index in [9.17, 15) is 9.59 Å². The van der Waals surface area contributed by atoms with Crippen LogP contribution in [-0.2, 0) is 9.59 Å². The molecular formula is C6H9NO3. The molecule has 0 saturated carbocycles. The highest BCUT2D eigenvalue weighted by atomic mass is 16.5. The summed E-state index contributed by atoms with van der Waals surface area (Å²) in [6, 6.07) is -0.572. The Hall–Kier alpha value is -0.740. The number of nitrogens with zero attached hydrogens (tertiary/aromatic N) is 1. The molecule has 1 aliphatic rings. The lowest BCUT2D eigenvalue weighted by atomic mass is 10.1. The van der Waals surface area contributed by atoms with Gasteiger partial charge < -0.3 is 5.21 Å². The Morgan fingerprint density at radius 1 is 1.70 bits per heavy atom. The van der Waals surface area contributed by atoms with Crippen molar-refractivity contribution in [3.63, 3.8) is 0 Å². The SMILES string of the molecule is O=CC(=O)C1CCCN1O. The number of hydroxylamine groups is 2. The van der Waals surface area contributed by atoms with Crippen molar-refractivity contribution in [2.24, 2.45) is 0 Å². The van der Waals surface area contributed by atoms with Gasteiger partial charge >= 0.3 is 0 Å². The summed E-state index contributed by atoms with van der Waals surface area (Å²) >= 11 is 0. The summed E-state index contributed by atoms with van der Waals surface area (Å²) in [6.45, 7) is 0.490. The van der Waals surface area contributed by atoms with Crippen molar-refractivity contribution in [3.8, 4) is 0 Å². The fraction of sp³-hybridized carbons (Fsp3) is 0.667. The van der Waals surface area contributed by atoms with E-state index in [4.69, 9.17) is 5.21 Å². The Kier molecular flexibility index (Phi) is 2.13. The summed E-state index contributed by atoms with van der Waals surface area (Å²) in [6.07, 6.45) is 1.63. The van der Waals surface area contributed by atoms with Crippen molar-refractivity contribution in [2.75, 3.05) is 6.54 Å². The van der Waals surface area contributed by atoms with Crippen LogP contribution in [0, 0.1) is 0 Å². The lowest BCUT2D eigenvalue weighted by Gasteiger charge is -2.11. The van der Waals surface area contributed by atoms with Crippen LogP contribution in [-0.4, -0.2) is 34.9 Å². The fourth-order valence-electron chi connectivity index (χ4n) is 1.12. The maximum Gasteiger partial charge on any atom is 0.214 e. The van der Waals surface area contributed by atoms with Crippen LogP contribution >= 0.6 is 0 Å². The molecule has 1 saturated heterocycles. The standard InChI is InChI=1S/C6H9NO3/c8-4-6(9)5-2-1-3-7(5)10/h4-5,10H,1-3H2. The molecule has 0 aliphatic carbocycles. The molecule has 4 heteroatoms. The molecule has 0 radical (unpaired) electrons. The fourth-order valence-corrected chi connectivity index (χ4v) is 1.12. The molecule has 0 aromatic heterocycles. The Bertz CT molecular complexity index is 157. The first-order valence-corrected chi connectivity index (χ1v) is 3.20. The average molecular weight is 143 g/mol. The van der Waals surface area contributed by atoms with Crippen LogP contribution in [0.15, 0.2) is 0 Å². The number of Topliss-reactive ketones (excluding diaryl/α,β-unsaturated/α-hetero) is 1. The van der Waals surface area contributed by atoms with Gasteiger partial charge in [-0.05, 0) is 12.8 Å². The number of carbonyl (C=O) groups excluding carboxylic acids is 2. The monoisotopic (exact) mass is 143 g/mol. The van der Waals surface area contributed by atoms with Gasteiger partial charge in [0.25, 0.3) is 0 Å². The highest BCUT2D eigenvalue weighted by Gasteiger charge is 2.28. The lowest BCUT2D eigenvalue weighted by Crippen LogP contribution is -2.33. The van der Waals surface area contributed by atoms with Crippen molar-refractivity contribution >= 4 is 12.1 Å². The predicted octanol–water partition coefficient (Wildman–Crippen LogP) is -0.392. The van der Waals surface area contributed by atoms with E-state index in [2.05, 4.69) is 0 Å². The third-order valence-corrected chi connectivity index (χ3v) is 1.67. The van der Waals surface area contributed by atoms with Gasteiger partial charge in [-0.2, -0.15) is 5.06 Å². The first-order chi connectivity index (χ1) is 4.75. The molecule has 1 unspecified atom stereocenters. The number of rotatable bonds is 2. The Balaban J connectivity index is 2.54. The molecule has 4 nitrogen and oxygen atoms in total. The zero-order chi connectivity index (χ0) is 7.56. The first kappa shape index (κ1) is 7.37. The predicted molar refractivity (Wildman–Crippen MR) is 32.6 cm³/mol.